The SMILES string of the molecule is C#CCN(Cc1ccc(F)cc1)C(=O)C1CCCC(C(=O)O)C1. The molecular formula is C18H20FNO3. The Morgan fingerprint density at radius 3 is 2.52 bits per heavy atom. The third-order valence-corrected chi connectivity index (χ3v) is 4.25. The highest BCUT2D eigenvalue weighted by Crippen LogP contribution is 2.30. The molecule has 1 N–H and O–H groups in total. The Balaban J connectivity index is 2.07. The summed E-state index contributed by atoms with van der Waals surface area (Å²) in [4.78, 5) is 25.4. The molecule has 5 heteroatoms. The molecule has 1 amide bonds. The van der Waals surface area contributed by atoms with Gasteiger partial charge in [0.2, 0.25) is 5.91 Å². The fraction of sp³-hybridized carbons (Fsp3) is 0.444. The molecule has 122 valence electrons. The van der Waals surface area contributed by atoms with E-state index in [0.717, 1.165) is 12.0 Å². The average molecular weight is 317 g/mol. The maximum atomic E-state index is 13.0. The van der Waals surface area contributed by atoms with Crippen molar-refractivity contribution in [1.29, 1.82) is 0 Å². The number of carbonyl (C=O) groups is 2. The first-order chi connectivity index (χ1) is 11.0. The van der Waals surface area contributed by atoms with Crippen LogP contribution < -0.4 is 0 Å². The highest BCUT2D eigenvalue weighted by molar-refractivity contribution is 5.80. The van der Waals surface area contributed by atoms with E-state index in [9.17, 15) is 14.0 Å². The third kappa shape index (κ3) is 4.56. The monoisotopic (exact) mass is 317 g/mol. The molecule has 0 saturated heterocycles. The van der Waals surface area contributed by atoms with Gasteiger partial charge in [-0.15, -0.1) is 6.42 Å². The van der Waals surface area contributed by atoms with Crippen LogP contribution in [0.4, 0.5) is 4.39 Å². The molecule has 1 aliphatic rings. The van der Waals surface area contributed by atoms with Crippen LogP contribution in [0.15, 0.2) is 24.3 Å². The van der Waals surface area contributed by atoms with Gasteiger partial charge in [-0.1, -0.05) is 24.5 Å². The molecular weight excluding hydrogens is 297 g/mol. The lowest BCUT2D eigenvalue weighted by Gasteiger charge is -2.30. The summed E-state index contributed by atoms with van der Waals surface area (Å²) in [6.45, 7) is 0.460. The number of hydrogen-bond acceptors (Lipinski definition) is 2. The van der Waals surface area contributed by atoms with Gasteiger partial charge in [0.25, 0.3) is 0 Å². The number of carboxylic acid groups (broad SMARTS) is 1. The summed E-state index contributed by atoms with van der Waals surface area (Å²) < 4.78 is 13.0. The van der Waals surface area contributed by atoms with E-state index in [4.69, 9.17) is 11.5 Å². The zero-order chi connectivity index (χ0) is 16.8. The van der Waals surface area contributed by atoms with E-state index in [-0.39, 0.29) is 24.2 Å². The minimum absolute atomic E-state index is 0.113. The average Bonchev–Trinajstić information content (AvgIpc) is 2.56. The summed E-state index contributed by atoms with van der Waals surface area (Å²) >= 11 is 0. The zero-order valence-corrected chi connectivity index (χ0v) is 12.9. The first-order valence-corrected chi connectivity index (χ1v) is 7.70. The molecule has 1 fully saturated rings. The summed E-state index contributed by atoms with van der Waals surface area (Å²) in [5.74, 6) is 0.410. The first-order valence-electron chi connectivity index (χ1n) is 7.70. The first kappa shape index (κ1) is 17.0. The fourth-order valence-electron chi connectivity index (χ4n) is 3.03. The van der Waals surface area contributed by atoms with Gasteiger partial charge in [-0.2, -0.15) is 0 Å². The molecule has 2 rings (SSSR count). The van der Waals surface area contributed by atoms with Gasteiger partial charge in [0.1, 0.15) is 5.82 Å². The quantitative estimate of drug-likeness (QED) is 0.850. The van der Waals surface area contributed by atoms with Crippen molar-refractivity contribution in [1.82, 2.24) is 4.90 Å². The zero-order valence-electron chi connectivity index (χ0n) is 12.9. The molecule has 0 heterocycles. The van der Waals surface area contributed by atoms with Gasteiger partial charge in [0.05, 0.1) is 12.5 Å². The van der Waals surface area contributed by atoms with Gasteiger partial charge >= 0.3 is 5.97 Å². The summed E-state index contributed by atoms with van der Waals surface area (Å²) in [6, 6.07) is 5.92. The van der Waals surface area contributed by atoms with Crippen LogP contribution >= 0.6 is 0 Å². The van der Waals surface area contributed by atoms with Crippen LogP contribution in [0.1, 0.15) is 31.2 Å². The molecule has 1 aliphatic carbocycles. The number of amides is 1. The largest absolute Gasteiger partial charge is 0.481 e. The van der Waals surface area contributed by atoms with Gasteiger partial charge in [-0.3, -0.25) is 9.59 Å². The third-order valence-electron chi connectivity index (χ3n) is 4.25. The lowest BCUT2D eigenvalue weighted by Crippen LogP contribution is -2.39. The maximum absolute atomic E-state index is 13.0. The lowest BCUT2D eigenvalue weighted by atomic mass is 9.80. The van der Waals surface area contributed by atoms with Gasteiger partial charge in [0.15, 0.2) is 0 Å². The molecule has 1 aromatic carbocycles. The summed E-state index contributed by atoms with van der Waals surface area (Å²) in [5.41, 5.74) is 0.792. The molecule has 0 spiro atoms. The summed E-state index contributed by atoms with van der Waals surface area (Å²) in [5, 5.41) is 9.15. The molecule has 23 heavy (non-hydrogen) atoms. The predicted molar refractivity (Wildman–Crippen MR) is 83.7 cm³/mol. The Hall–Kier alpha value is -2.35. The van der Waals surface area contributed by atoms with Crippen LogP contribution in [-0.2, 0) is 16.1 Å². The molecule has 0 radical (unpaired) electrons. The van der Waals surface area contributed by atoms with Gasteiger partial charge in [-0.05, 0) is 37.0 Å². The Kier molecular flexibility index (Phi) is 5.75. The Labute approximate surface area is 135 Å². The second kappa shape index (κ2) is 7.77. The fourth-order valence-corrected chi connectivity index (χ4v) is 3.03. The van der Waals surface area contributed by atoms with Crippen molar-refractivity contribution in [2.24, 2.45) is 11.8 Å². The van der Waals surface area contributed by atoms with Crippen LogP contribution in [0.2, 0.25) is 0 Å². The Morgan fingerprint density at radius 2 is 1.91 bits per heavy atom. The lowest BCUT2D eigenvalue weighted by molar-refractivity contribution is -0.145. The molecule has 0 aliphatic heterocycles. The number of hydrogen-bond donors (Lipinski definition) is 1. The van der Waals surface area contributed by atoms with Crippen LogP contribution in [0.3, 0.4) is 0 Å². The van der Waals surface area contributed by atoms with E-state index >= 15 is 0 Å². The van der Waals surface area contributed by atoms with Crippen LogP contribution in [0.25, 0.3) is 0 Å². The molecule has 2 unspecified atom stereocenters. The van der Waals surface area contributed by atoms with E-state index in [1.165, 1.54) is 12.1 Å². The van der Waals surface area contributed by atoms with E-state index in [1.807, 2.05) is 0 Å². The van der Waals surface area contributed by atoms with E-state index in [1.54, 1.807) is 17.0 Å². The summed E-state index contributed by atoms with van der Waals surface area (Å²) in [6.07, 6.45) is 7.75. The minimum atomic E-state index is -0.843. The Bertz CT molecular complexity index is 606. The maximum Gasteiger partial charge on any atom is 0.306 e. The molecule has 1 aromatic rings. The molecule has 2 atom stereocenters. The number of benzene rings is 1. The highest BCUT2D eigenvalue weighted by Gasteiger charge is 2.33. The molecule has 4 nitrogen and oxygen atoms in total. The number of halogens is 1. The summed E-state index contributed by atoms with van der Waals surface area (Å²) in [7, 11) is 0. The standard InChI is InChI=1S/C18H20FNO3/c1-2-10-20(12-13-6-8-16(19)9-7-13)17(21)14-4-3-5-15(11-14)18(22)23/h1,6-9,14-15H,3-5,10-12H2,(H,22,23). The minimum Gasteiger partial charge on any atom is -0.481 e. The van der Waals surface area contributed by atoms with Crippen molar-refractivity contribution in [2.75, 3.05) is 6.54 Å². The van der Waals surface area contributed by atoms with Crippen molar-refractivity contribution in [2.45, 2.75) is 32.2 Å². The number of terminal acetylenes is 1. The molecule has 0 aromatic heterocycles. The predicted octanol–water partition coefficient (Wildman–Crippen LogP) is 2.68. The number of carboxylic acids is 1. The van der Waals surface area contributed by atoms with Crippen LogP contribution in [0, 0.1) is 30.0 Å². The smallest absolute Gasteiger partial charge is 0.306 e. The Morgan fingerprint density at radius 1 is 1.26 bits per heavy atom. The second-order valence-corrected chi connectivity index (χ2v) is 5.92. The number of aliphatic carboxylic acids is 1. The van der Waals surface area contributed by atoms with Crippen molar-refractivity contribution in [3.05, 3.63) is 35.6 Å². The second-order valence-electron chi connectivity index (χ2n) is 5.92. The molecule has 1 saturated carbocycles. The van der Waals surface area contributed by atoms with E-state index in [0.29, 0.717) is 25.8 Å². The van der Waals surface area contributed by atoms with Crippen LogP contribution in [0.5, 0.6) is 0 Å². The normalized spacial score (nSPS) is 20.5. The van der Waals surface area contributed by atoms with Crippen molar-refractivity contribution in [3.8, 4) is 12.3 Å². The highest BCUT2D eigenvalue weighted by atomic mass is 19.1. The van der Waals surface area contributed by atoms with Gasteiger partial charge < -0.3 is 10.0 Å². The molecule has 0 bridgehead atoms. The van der Waals surface area contributed by atoms with Crippen molar-refractivity contribution < 1.29 is 19.1 Å². The van der Waals surface area contributed by atoms with Gasteiger partial charge in [-0.25, -0.2) is 4.39 Å². The van der Waals surface area contributed by atoms with E-state index in [2.05, 4.69) is 5.92 Å². The van der Waals surface area contributed by atoms with Gasteiger partial charge in [0, 0.05) is 12.5 Å². The van der Waals surface area contributed by atoms with Crippen molar-refractivity contribution in [3.63, 3.8) is 0 Å². The topological polar surface area (TPSA) is 57.6 Å². The van der Waals surface area contributed by atoms with E-state index < -0.39 is 11.9 Å². The number of nitrogens with zero attached hydrogens (tertiary/aromatic N) is 1. The number of rotatable bonds is 5. The van der Waals surface area contributed by atoms with Crippen molar-refractivity contribution >= 4 is 11.9 Å². The number of carbonyl (C=O) groups excluding carboxylic acids is 1. The van der Waals surface area contributed by atoms with Crippen LogP contribution in [-0.4, -0.2) is 28.4 Å².